The van der Waals surface area contributed by atoms with E-state index in [0.717, 1.165) is 39.3 Å². The van der Waals surface area contributed by atoms with Crippen molar-refractivity contribution in [1.82, 2.24) is 14.5 Å². The van der Waals surface area contributed by atoms with Gasteiger partial charge < -0.3 is 4.57 Å². The number of benzene rings is 9. The molecule has 0 spiro atoms. The fraction of sp³-hybridized carbons (Fsp3) is 0. The second-order valence-electron chi connectivity index (χ2n) is 15.3. The largest absolute Gasteiger partial charge is 0.309 e. The van der Waals surface area contributed by atoms with Gasteiger partial charge in [-0.05, 0) is 53.2 Å². The number of hydrogen-bond acceptors (Lipinski definition) is 4. The minimum Gasteiger partial charge on any atom is -0.309 e. The van der Waals surface area contributed by atoms with E-state index in [2.05, 4.69) is 168 Å². The molecule has 59 heavy (non-hydrogen) atoms. The van der Waals surface area contributed by atoms with E-state index in [-0.39, 0.29) is 0 Å². The van der Waals surface area contributed by atoms with E-state index in [4.69, 9.17) is 9.97 Å². The van der Waals surface area contributed by atoms with Crippen molar-refractivity contribution >= 4 is 106 Å². The zero-order valence-corrected chi connectivity index (χ0v) is 33.2. The van der Waals surface area contributed by atoms with Crippen molar-refractivity contribution in [2.24, 2.45) is 0 Å². The van der Waals surface area contributed by atoms with Crippen LogP contribution in [0.15, 0.2) is 188 Å². The lowest BCUT2D eigenvalue weighted by Crippen LogP contribution is -1.97. The topological polar surface area (TPSA) is 30.7 Å². The van der Waals surface area contributed by atoms with Gasteiger partial charge in [-0.2, -0.15) is 0 Å². The van der Waals surface area contributed by atoms with Crippen LogP contribution in [0.4, 0.5) is 0 Å². The number of rotatable bonds is 4. The molecular formula is C54H31N3S2. The molecule has 13 aromatic rings. The second kappa shape index (κ2) is 12.7. The Morgan fingerprint density at radius 3 is 1.71 bits per heavy atom. The first-order valence-electron chi connectivity index (χ1n) is 19.9. The Kier molecular flexibility index (Phi) is 7.05. The summed E-state index contributed by atoms with van der Waals surface area (Å²) in [6, 6.07) is 68.1. The third-order valence-electron chi connectivity index (χ3n) is 12.0. The van der Waals surface area contributed by atoms with E-state index in [1.807, 2.05) is 46.9 Å². The van der Waals surface area contributed by atoms with Crippen molar-refractivity contribution in [1.29, 1.82) is 0 Å². The third kappa shape index (κ3) is 4.93. The van der Waals surface area contributed by atoms with Gasteiger partial charge in [0.25, 0.3) is 0 Å². The highest BCUT2D eigenvalue weighted by atomic mass is 32.1. The van der Waals surface area contributed by atoms with Crippen LogP contribution in [-0.2, 0) is 0 Å². The third-order valence-corrected chi connectivity index (χ3v) is 14.3. The molecule has 13 rings (SSSR count). The Morgan fingerprint density at radius 2 is 0.932 bits per heavy atom. The summed E-state index contributed by atoms with van der Waals surface area (Å²) >= 11 is 3.77. The fourth-order valence-corrected chi connectivity index (χ4v) is 11.7. The van der Waals surface area contributed by atoms with Gasteiger partial charge in [0.05, 0.1) is 22.4 Å². The Morgan fingerprint density at radius 1 is 0.339 bits per heavy atom. The van der Waals surface area contributed by atoms with E-state index < -0.39 is 0 Å². The van der Waals surface area contributed by atoms with Gasteiger partial charge >= 0.3 is 0 Å². The highest BCUT2D eigenvalue weighted by molar-refractivity contribution is 7.27. The molecule has 3 nitrogen and oxygen atoms in total. The lowest BCUT2D eigenvalue weighted by Gasteiger charge is -2.12. The maximum absolute atomic E-state index is 5.26. The Balaban J connectivity index is 1.15. The zero-order valence-electron chi connectivity index (χ0n) is 31.6. The fourth-order valence-electron chi connectivity index (χ4n) is 9.36. The first-order valence-corrected chi connectivity index (χ1v) is 21.5. The summed E-state index contributed by atoms with van der Waals surface area (Å²) in [6.45, 7) is 0. The minimum atomic E-state index is 0.711. The summed E-state index contributed by atoms with van der Waals surface area (Å²) in [5.74, 6) is 0.711. The maximum atomic E-state index is 5.26. The molecule has 0 unspecified atom stereocenters. The number of fused-ring (bicyclic) bond motifs is 15. The number of thiophene rings is 2. The molecule has 0 saturated carbocycles. The molecule has 0 bridgehead atoms. The van der Waals surface area contributed by atoms with Crippen LogP contribution in [0.5, 0.6) is 0 Å². The van der Waals surface area contributed by atoms with Gasteiger partial charge in [-0.15, -0.1) is 22.7 Å². The van der Waals surface area contributed by atoms with Crippen LogP contribution < -0.4 is 0 Å². The molecule has 0 aliphatic carbocycles. The average Bonchev–Trinajstić information content (AvgIpc) is 3.99. The van der Waals surface area contributed by atoms with Crippen LogP contribution in [0, 0.1) is 0 Å². The minimum absolute atomic E-state index is 0.711. The van der Waals surface area contributed by atoms with Crippen LogP contribution in [0.1, 0.15) is 0 Å². The molecule has 4 heterocycles. The molecule has 274 valence electrons. The summed E-state index contributed by atoms with van der Waals surface area (Å²) < 4.78 is 7.73. The Bertz CT molecular complexity index is 3780. The molecule has 5 heteroatoms. The van der Waals surface area contributed by atoms with Crippen LogP contribution in [-0.4, -0.2) is 14.5 Å². The highest BCUT2D eigenvalue weighted by Gasteiger charge is 2.22. The van der Waals surface area contributed by atoms with E-state index in [9.17, 15) is 0 Å². The molecule has 9 aromatic carbocycles. The summed E-state index contributed by atoms with van der Waals surface area (Å²) in [5, 5.41) is 12.9. The van der Waals surface area contributed by atoms with Gasteiger partial charge in [0.1, 0.15) is 0 Å². The predicted octanol–water partition coefficient (Wildman–Crippen LogP) is 15.6. The van der Waals surface area contributed by atoms with Crippen molar-refractivity contribution in [3.05, 3.63) is 188 Å². The van der Waals surface area contributed by atoms with E-state index in [0.29, 0.717) is 5.82 Å². The zero-order chi connectivity index (χ0) is 38.6. The van der Waals surface area contributed by atoms with E-state index >= 15 is 0 Å². The Labute approximate surface area is 346 Å². The van der Waals surface area contributed by atoms with Crippen LogP contribution in [0.2, 0.25) is 0 Å². The quantitative estimate of drug-likeness (QED) is 0.166. The number of nitrogens with zero attached hydrogens (tertiary/aromatic N) is 3. The molecule has 0 N–H and O–H groups in total. The first-order chi connectivity index (χ1) is 29.2. The van der Waals surface area contributed by atoms with Crippen molar-refractivity contribution in [2.75, 3.05) is 0 Å². The van der Waals surface area contributed by atoms with Gasteiger partial charge in [0.15, 0.2) is 5.82 Å². The summed E-state index contributed by atoms with van der Waals surface area (Å²) in [6.07, 6.45) is 0. The van der Waals surface area contributed by atoms with Gasteiger partial charge in [0, 0.05) is 84.3 Å². The average molecular weight is 786 g/mol. The summed E-state index contributed by atoms with van der Waals surface area (Å²) in [7, 11) is 0. The molecule has 0 saturated heterocycles. The van der Waals surface area contributed by atoms with Crippen molar-refractivity contribution < 1.29 is 0 Å². The maximum Gasteiger partial charge on any atom is 0.160 e. The number of hydrogen-bond donors (Lipinski definition) is 0. The second-order valence-corrected chi connectivity index (χ2v) is 17.4. The molecule has 0 aliphatic rings. The standard InChI is InChI=1S/C54H31N3S2/c1-3-13-32(14-4-1)43-31-44(56-54(55-43)33-15-5-2-6-16-33)34-23-25-40-46(29-34)57(35-24-26-37-36-17-9-11-21-47(36)58-49(37)30-35)45-28-27-42-50(52(40)45)38-18-7-8-19-39(38)51-41-20-10-12-22-48(41)59-53(42)51/h1-31H. The smallest absolute Gasteiger partial charge is 0.160 e. The van der Waals surface area contributed by atoms with Crippen LogP contribution in [0.25, 0.3) is 123 Å². The first kappa shape index (κ1) is 32.9. The van der Waals surface area contributed by atoms with Gasteiger partial charge in [-0.25, -0.2) is 9.97 Å². The van der Waals surface area contributed by atoms with Crippen LogP contribution in [0.3, 0.4) is 0 Å². The highest BCUT2D eigenvalue weighted by Crippen LogP contribution is 2.48. The summed E-state index contributed by atoms with van der Waals surface area (Å²) in [4.78, 5) is 10.4. The molecule has 0 aliphatic heterocycles. The molecule has 0 amide bonds. The van der Waals surface area contributed by atoms with Crippen molar-refractivity contribution in [2.45, 2.75) is 0 Å². The molecule has 0 fully saturated rings. The van der Waals surface area contributed by atoms with E-state index in [1.165, 1.54) is 78.2 Å². The van der Waals surface area contributed by atoms with Gasteiger partial charge in [-0.3, -0.25) is 0 Å². The molecule has 4 aromatic heterocycles. The van der Waals surface area contributed by atoms with Crippen molar-refractivity contribution in [3.8, 4) is 39.6 Å². The van der Waals surface area contributed by atoms with Crippen LogP contribution >= 0.6 is 22.7 Å². The monoisotopic (exact) mass is 785 g/mol. The molecule has 0 radical (unpaired) electrons. The summed E-state index contributed by atoms with van der Waals surface area (Å²) in [5.41, 5.74) is 8.36. The van der Waals surface area contributed by atoms with E-state index in [1.54, 1.807) is 0 Å². The molecule has 0 atom stereocenters. The molecular weight excluding hydrogens is 755 g/mol. The van der Waals surface area contributed by atoms with Gasteiger partial charge in [0.2, 0.25) is 0 Å². The predicted molar refractivity (Wildman–Crippen MR) is 253 cm³/mol. The number of aromatic nitrogens is 3. The normalized spacial score (nSPS) is 12.1. The van der Waals surface area contributed by atoms with Crippen molar-refractivity contribution in [3.63, 3.8) is 0 Å². The lowest BCUT2D eigenvalue weighted by atomic mass is 9.94. The van der Waals surface area contributed by atoms with Gasteiger partial charge in [-0.1, -0.05) is 146 Å². The lowest BCUT2D eigenvalue weighted by molar-refractivity contribution is 1.17. The SMILES string of the molecule is c1ccc(-c2cc(-c3ccc4c5c6c7ccccc7c7c8ccccc8sc7c6ccc5n(-c5ccc6c(c5)sc5ccccc56)c4c3)nc(-c3ccccc3)n2)cc1. The Hall–Kier alpha value is -7.18.